The van der Waals surface area contributed by atoms with Crippen LogP contribution in [0.3, 0.4) is 0 Å². The minimum Gasteiger partial charge on any atom is -0.395 e. The fourth-order valence-electron chi connectivity index (χ4n) is 2.85. The molecule has 2 aromatic rings. The summed E-state index contributed by atoms with van der Waals surface area (Å²) in [6.07, 6.45) is 0. The summed E-state index contributed by atoms with van der Waals surface area (Å²) in [7, 11) is 3.99. The summed E-state index contributed by atoms with van der Waals surface area (Å²) in [6.45, 7) is 8.83. The second-order valence-corrected chi connectivity index (χ2v) is 7.00. The Balaban J connectivity index is 2.82. The molecule has 0 amide bonds. The van der Waals surface area contributed by atoms with E-state index < -0.39 is 0 Å². The monoisotopic (exact) mass is 323 g/mol. The third kappa shape index (κ3) is 3.78. The number of hydrogen-bond acceptors (Lipinski definition) is 3. The molecule has 0 aliphatic rings. The Bertz CT molecular complexity index is 748. The van der Waals surface area contributed by atoms with Crippen LogP contribution >= 0.6 is 0 Å². The van der Waals surface area contributed by atoms with E-state index in [0.29, 0.717) is 17.5 Å². The third-order valence-corrected chi connectivity index (χ3v) is 4.23. The van der Waals surface area contributed by atoms with Gasteiger partial charge in [-0.25, -0.2) is 4.99 Å². The van der Waals surface area contributed by atoms with Crippen molar-refractivity contribution in [3.63, 3.8) is 0 Å². The van der Waals surface area contributed by atoms with Crippen molar-refractivity contribution < 1.29 is 0 Å². The summed E-state index contributed by atoms with van der Waals surface area (Å²) >= 11 is 0. The lowest BCUT2D eigenvalue weighted by Crippen LogP contribution is -2.15. The maximum absolute atomic E-state index is 6.43. The standard InChI is InChI=1S/C21H29N3/c1-14(2)16-10-9-11-17(15(3)4)21(16)23-18-12-7-8-13-19(20(18)22)24(5)6/h7-15H,1-6H3,(H2,22,23). The van der Waals surface area contributed by atoms with Crippen molar-refractivity contribution in [2.75, 3.05) is 24.7 Å². The van der Waals surface area contributed by atoms with Crippen molar-refractivity contribution in [1.29, 1.82) is 0 Å². The SMILES string of the molecule is CC(C)c1cccc(C(C)C)c1N=c1ccccc(N(C)C)c1N. The number of nitrogens with two attached hydrogens (primary N) is 1. The van der Waals surface area contributed by atoms with Crippen molar-refractivity contribution in [2.45, 2.75) is 39.5 Å². The topological polar surface area (TPSA) is 41.6 Å². The lowest BCUT2D eigenvalue weighted by atomic mass is 9.93. The van der Waals surface area contributed by atoms with Crippen molar-refractivity contribution in [3.05, 3.63) is 58.9 Å². The summed E-state index contributed by atoms with van der Waals surface area (Å²) in [4.78, 5) is 7.03. The molecule has 0 aliphatic heterocycles. The molecule has 2 aromatic carbocycles. The van der Waals surface area contributed by atoms with Crippen LogP contribution in [0.5, 0.6) is 0 Å². The van der Waals surface area contributed by atoms with E-state index in [1.807, 2.05) is 43.3 Å². The first-order valence-electron chi connectivity index (χ1n) is 8.56. The molecule has 0 heterocycles. The molecule has 0 aliphatic carbocycles. The zero-order valence-electron chi connectivity index (χ0n) is 15.7. The molecular formula is C21H29N3. The Labute approximate surface area is 145 Å². The minimum atomic E-state index is 0.412. The van der Waals surface area contributed by atoms with Gasteiger partial charge in [0, 0.05) is 14.1 Å². The molecule has 128 valence electrons. The van der Waals surface area contributed by atoms with Gasteiger partial charge < -0.3 is 10.6 Å². The van der Waals surface area contributed by atoms with Crippen LogP contribution in [0.15, 0.2) is 47.5 Å². The normalized spacial score (nSPS) is 12.1. The second kappa shape index (κ2) is 7.52. The molecule has 0 fully saturated rings. The number of anilines is 2. The van der Waals surface area contributed by atoms with Crippen LogP contribution in [0, 0.1) is 0 Å². The molecule has 0 radical (unpaired) electrons. The van der Waals surface area contributed by atoms with E-state index in [0.717, 1.165) is 16.7 Å². The minimum absolute atomic E-state index is 0.412. The number of rotatable bonds is 4. The number of hydrogen-bond donors (Lipinski definition) is 1. The van der Waals surface area contributed by atoms with Gasteiger partial charge in [0.25, 0.3) is 0 Å². The Morgan fingerprint density at radius 3 is 1.88 bits per heavy atom. The smallest absolute Gasteiger partial charge is 0.0887 e. The van der Waals surface area contributed by atoms with E-state index in [4.69, 9.17) is 10.7 Å². The fraction of sp³-hybridized carbons (Fsp3) is 0.381. The van der Waals surface area contributed by atoms with Crippen LogP contribution in [-0.2, 0) is 0 Å². The van der Waals surface area contributed by atoms with Gasteiger partial charge in [-0.3, -0.25) is 0 Å². The quantitative estimate of drug-likeness (QED) is 0.877. The molecule has 0 unspecified atom stereocenters. The first kappa shape index (κ1) is 18.1. The molecule has 0 aromatic heterocycles. The Kier molecular flexibility index (Phi) is 5.66. The van der Waals surface area contributed by atoms with Gasteiger partial charge in [0.1, 0.15) is 0 Å². The second-order valence-electron chi connectivity index (χ2n) is 7.00. The highest BCUT2D eigenvalue weighted by Crippen LogP contribution is 2.34. The third-order valence-electron chi connectivity index (χ3n) is 4.23. The van der Waals surface area contributed by atoms with Crippen LogP contribution in [0.4, 0.5) is 17.1 Å². The average molecular weight is 323 g/mol. The zero-order chi connectivity index (χ0) is 17.9. The molecule has 3 nitrogen and oxygen atoms in total. The predicted octanol–water partition coefficient (Wildman–Crippen LogP) is 4.81. The van der Waals surface area contributed by atoms with E-state index in [9.17, 15) is 0 Å². The molecule has 3 heteroatoms. The summed E-state index contributed by atoms with van der Waals surface area (Å²) in [5, 5.41) is 0.818. The van der Waals surface area contributed by atoms with Gasteiger partial charge in [0.15, 0.2) is 0 Å². The van der Waals surface area contributed by atoms with Gasteiger partial charge >= 0.3 is 0 Å². The van der Waals surface area contributed by atoms with Gasteiger partial charge in [-0.15, -0.1) is 0 Å². The molecule has 2 N–H and O–H groups in total. The largest absolute Gasteiger partial charge is 0.395 e. The van der Waals surface area contributed by atoms with Gasteiger partial charge in [-0.1, -0.05) is 58.0 Å². The number of para-hydroxylation sites is 1. The van der Waals surface area contributed by atoms with Crippen molar-refractivity contribution in [3.8, 4) is 0 Å². The van der Waals surface area contributed by atoms with Crippen LogP contribution in [-0.4, -0.2) is 14.1 Å². The molecule has 0 atom stereocenters. The summed E-state index contributed by atoms with van der Waals surface area (Å²) in [6, 6.07) is 14.5. The molecule has 0 saturated carbocycles. The van der Waals surface area contributed by atoms with E-state index in [2.05, 4.69) is 45.9 Å². The number of benzene rings is 1. The van der Waals surface area contributed by atoms with E-state index in [1.54, 1.807) is 0 Å². The lowest BCUT2D eigenvalue weighted by molar-refractivity contribution is 0.832. The van der Waals surface area contributed by atoms with Crippen molar-refractivity contribution in [2.24, 2.45) is 4.99 Å². The Morgan fingerprint density at radius 1 is 0.833 bits per heavy atom. The molecular weight excluding hydrogens is 294 g/mol. The summed E-state index contributed by atoms with van der Waals surface area (Å²) < 4.78 is 0. The Morgan fingerprint density at radius 2 is 1.38 bits per heavy atom. The zero-order valence-corrected chi connectivity index (χ0v) is 15.7. The number of nitrogens with zero attached hydrogens (tertiary/aromatic N) is 2. The Hall–Kier alpha value is -2.29. The highest BCUT2D eigenvalue weighted by atomic mass is 15.1. The van der Waals surface area contributed by atoms with E-state index in [1.165, 1.54) is 11.1 Å². The highest BCUT2D eigenvalue weighted by Gasteiger charge is 2.13. The molecule has 24 heavy (non-hydrogen) atoms. The first-order chi connectivity index (χ1) is 11.3. The average Bonchev–Trinajstić information content (AvgIpc) is 2.69. The van der Waals surface area contributed by atoms with Gasteiger partial charge in [-0.2, -0.15) is 0 Å². The van der Waals surface area contributed by atoms with Crippen molar-refractivity contribution in [1.82, 2.24) is 0 Å². The van der Waals surface area contributed by atoms with Crippen LogP contribution in [0.2, 0.25) is 0 Å². The van der Waals surface area contributed by atoms with E-state index in [-0.39, 0.29) is 0 Å². The summed E-state index contributed by atoms with van der Waals surface area (Å²) in [5.74, 6) is 0.823. The lowest BCUT2D eigenvalue weighted by Gasteiger charge is -2.17. The summed E-state index contributed by atoms with van der Waals surface area (Å²) in [5.41, 5.74) is 11.7. The molecule has 0 spiro atoms. The molecule has 0 saturated heterocycles. The van der Waals surface area contributed by atoms with Gasteiger partial charge in [0.2, 0.25) is 0 Å². The number of nitrogen functional groups attached to an aromatic ring is 1. The maximum Gasteiger partial charge on any atom is 0.0887 e. The van der Waals surface area contributed by atoms with Gasteiger partial charge in [0.05, 0.1) is 22.4 Å². The highest BCUT2D eigenvalue weighted by molar-refractivity contribution is 5.66. The van der Waals surface area contributed by atoms with E-state index >= 15 is 0 Å². The fourth-order valence-corrected chi connectivity index (χ4v) is 2.85. The van der Waals surface area contributed by atoms with Crippen molar-refractivity contribution >= 4 is 17.1 Å². The van der Waals surface area contributed by atoms with Crippen LogP contribution in [0.1, 0.15) is 50.7 Å². The first-order valence-corrected chi connectivity index (χ1v) is 8.56. The molecule has 0 bridgehead atoms. The predicted molar refractivity (Wildman–Crippen MR) is 105 cm³/mol. The molecule has 2 rings (SSSR count). The van der Waals surface area contributed by atoms with Gasteiger partial charge in [-0.05, 0) is 35.1 Å². The van der Waals surface area contributed by atoms with Crippen LogP contribution in [0.25, 0.3) is 0 Å². The van der Waals surface area contributed by atoms with Crippen LogP contribution < -0.4 is 16.0 Å². The maximum atomic E-state index is 6.43.